The van der Waals surface area contributed by atoms with Crippen LogP contribution in [-0.2, 0) is 29.6 Å². The average molecular weight is 1020 g/mol. The molecule has 1 N–H and O–H groups in total. The van der Waals surface area contributed by atoms with E-state index in [1.165, 1.54) is 11.1 Å². The summed E-state index contributed by atoms with van der Waals surface area (Å²) in [4.78, 5) is 25.3. The minimum Gasteiger partial charge on any atom is -0.508 e. The van der Waals surface area contributed by atoms with Crippen LogP contribution in [0.4, 0.5) is 0 Å². The van der Waals surface area contributed by atoms with Gasteiger partial charge in [0.25, 0.3) is 0 Å². The van der Waals surface area contributed by atoms with Gasteiger partial charge in [0.15, 0.2) is 16.6 Å². The lowest BCUT2D eigenvalue weighted by molar-refractivity contribution is -0.130. The van der Waals surface area contributed by atoms with Crippen LogP contribution >= 0.6 is 11.6 Å². The fourth-order valence-corrected chi connectivity index (χ4v) is 14.2. The van der Waals surface area contributed by atoms with Gasteiger partial charge in [-0.3, -0.25) is 9.78 Å². The van der Waals surface area contributed by atoms with E-state index in [1.54, 1.807) is 74.8 Å². The van der Waals surface area contributed by atoms with Crippen molar-refractivity contribution >= 4 is 39.4 Å². The number of phenols is 1. The molecule has 0 atom stereocenters. The van der Waals surface area contributed by atoms with E-state index in [-0.39, 0.29) is 17.0 Å². The highest BCUT2D eigenvalue weighted by molar-refractivity contribution is 6.74. The number of hydrogen-bond donors (Lipinski definition) is 1. The van der Waals surface area contributed by atoms with E-state index in [9.17, 15) is 14.7 Å². The molecule has 0 unspecified atom stereocenters. The molecule has 4 aromatic carbocycles. The third kappa shape index (κ3) is 19.3. The number of phenolic OH excluding ortho intramolecular Hbond substituents is 1. The summed E-state index contributed by atoms with van der Waals surface area (Å²) in [7, 11) is -3.45. The quantitative estimate of drug-likeness (QED) is 0.0284. The number of benzene rings is 4. The Morgan fingerprint density at radius 2 is 0.873 bits per heavy atom. The number of hydrogen-bond acceptors (Lipinski definition) is 9. The van der Waals surface area contributed by atoms with Crippen LogP contribution in [-0.4, -0.2) is 37.9 Å². The number of carbonyl (C=O) groups is 2. The van der Waals surface area contributed by atoms with E-state index < -0.39 is 27.8 Å². The molecule has 1 heterocycles. The maximum atomic E-state index is 11.7. The van der Waals surface area contributed by atoms with Crippen molar-refractivity contribution in [3.63, 3.8) is 0 Å². The highest BCUT2D eigenvalue weighted by Gasteiger charge is 2.38. The van der Waals surface area contributed by atoms with Crippen LogP contribution in [0.15, 0.2) is 128 Å². The summed E-state index contributed by atoms with van der Waals surface area (Å²) < 4.78 is 31.2. The molecule has 0 saturated heterocycles. The third-order valence-electron chi connectivity index (χ3n) is 12.7. The van der Waals surface area contributed by atoms with Gasteiger partial charge in [0, 0.05) is 23.5 Å². The number of halogens is 1. The van der Waals surface area contributed by atoms with Crippen LogP contribution in [0.25, 0.3) is 0 Å². The molecular weight excluding hydrogens is 942 g/mol. The molecule has 0 aliphatic rings. The molecular formula is C59H82ClNO8Si2. The van der Waals surface area contributed by atoms with Crippen LogP contribution in [0.3, 0.4) is 0 Å². The lowest BCUT2D eigenvalue weighted by Crippen LogP contribution is -2.43. The zero-order chi connectivity index (χ0) is 53.7. The fourth-order valence-electron chi connectivity index (χ4n) is 7.88. The first kappa shape index (κ1) is 61.8. The summed E-state index contributed by atoms with van der Waals surface area (Å²) in [6.07, 6.45) is 3.50. The van der Waals surface area contributed by atoms with Crippen molar-refractivity contribution in [1.29, 1.82) is 0 Å². The second-order valence-electron chi connectivity index (χ2n) is 19.0. The average Bonchev–Trinajstić information content (AvgIpc) is 3.34. The smallest absolute Gasteiger partial charge is 0.338 e. The minimum absolute atomic E-state index is 0.237. The minimum atomic E-state index is -1.74. The summed E-state index contributed by atoms with van der Waals surface area (Å²) >= 11 is 4.87. The molecule has 386 valence electrons. The lowest BCUT2D eigenvalue weighted by Gasteiger charge is -2.39. The van der Waals surface area contributed by atoms with E-state index >= 15 is 0 Å². The zero-order valence-corrected chi connectivity index (χ0v) is 48.4. The Morgan fingerprint density at radius 3 is 1.13 bits per heavy atom. The number of aromatic nitrogens is 1. The Morgan fingerprint density at radius 1 is 0.563 bits per heavy atom. The molecule has 0 aliphatic carbocycles. The molecule has 0 saturated carbocycles. The number of aromatic hydroxyl groups is 1. The predicted octanol–water partition coefficient (Wildman–Crippen LogP) is 17.3. The maximum absolute atomic E-state index is 11.7. The molecule has 5 aromatic rings. The predicted molar refractivity (Wildman–Crippen MR) is 300 cm³/mol. The lowest BCUT2D eigenvalue weighted by atomic mass is 9.94. The van der Waals surface area contributed by atoms with Gasteiger partial charge < -0.3 is 28.2 Å². The molecule has 1 aromatic heterocycles. The standard InChI is InChI=1S/C27H38O4Si.C23H34O3Si.C5H5N.C4H5ClO/c1-10-32(11-2,12-3)31-27(8,9)22-17-20(6)25(21(7)18-22)29-23-13-15-24(16-14-23)30-26(28)19(4)5;1-8-27(9-2,10-3)26-23(6,7)19-15-17(4)22(18(5)16-19)25-21-13-11-20(24)12-14-21;1-2-4-6-5-3-1;1-3(2)4(5)6/h13-18H,4,10-12H2,1-3,5-9H3;11-16,24H,8-10H2,1-7H3;1-5H;1H2,2H3. The van der Waals surface area contributed by atoms with Crippen LogP contribution < -0.4 is 14.2 Å². The van der Waals surface area contributed by atoms with Gasteiger partial charge in [-0.05, 0) is 235 Å². The van der Waals surface area contributed by atoms with Gasteiger partial charge in [-0.25, -0.2) is 4.79 Å². The van der Waals surface area contributed by atoms with Gasteiger partial charge in [-0.1, -0.05) is 60.8 Å². The number of esters is 1. The largest absolute Gasteiger partial charge is 0.508 e. The van der Waals surface area contributed by atoms with E-state index in [4.69, 9.17) is 34.7 Å². The molecule has 9 nitrogen and oxygen atoms in total. The first-order valence-corrected chi connectivity index (χ1v) is 30.2. The van der Waals surface area contributed by atoms with Gasteiger partial charge in [0.2, 0.25) is 5.24 Å². The topological polar surface area (TPSA) is 113 Å². The van der Waals surface area contributed by atoms with Gasteiger partial charge in [0.05, 0.1) is 11.2 Å². The first-order valence-electron chi connectivity index (χ1n) is 24.7. The van der Waals surface area contributed by atoms with Gasteiger partial charge in [-0.2, -0.15) is 0 Å². The molecule has 0 bridgehead atoms. The molecule has 0 aliphatic heterocycles. The van der Waals surface area contributed by atoms with Crippen molar-refractivity contribution in [3.8, 4) is 34.5 Å². The summed E-state index contributed by atoms with van der Waals surface area (Å²) in [5.41, 5.74) is 6.75. The normalized spacial score (nSPS) is 11.3. The number of rotatable bonds is 19. The first-order chi connectivity index (χ1) is 33.3. The molecule has 71 heavy (non-hydrogen) atoms. The Bertz CT molecular complexity index is 2380. The van der Waals surface area contributed by atoms with Gasteiger partial charge in [-0.15, -0.1) is 0 Å². The number of carbonyl (C=O) groups excluding carboxylic acids is 2. The summed E-state index contributed by atoms with van der Waals surface area (Å²) in [5, 5.41) is 8.98. The Balaban J connectivity index is 0.000000396. The highest BCUT2D eigenvalue weighted by Crippen LogP contribution is 2.40. The fraction of sp³-hybridized carbons (Fsp3) is 0.407. The molecule has 0 radical (unpaired) electrons. The second-order valence-corrected chi connectivity index (χ2v) is 28.7. The summed E-state index contributed by atoms with van der Waals surface area (Å²) in [6, 6.07) is 35.1. The van der Waals surface area contributed by atoms with Crippen molar-refractivity contribution in [2.45, 2.75) is 158 Å². The maximum Gasteiger partial charge on any atom is 0.338 e. The van der Waals surface area contributed by atoms with Crippen LogP contribution in [0.2, 0.25) is 36.3 Å². The van der Waals surface area contributed by atoms with Gasteiger partial charge >= 0.3 is 5.97 Å². The molecule has 12 heteroatoms. The molecule has 0 fully saturated rings. The Hall–Kier alpha value is -5.31. The number of allylic oxidation sites excluding steroid dienone is 1. The van der Waals surface area contributed by atoms with Crippen LogP contribution in [0.1, 0.15) is 116 Å². The van der Waals surface area contributed by atoms with Crippen molar-refractivity contribution in [2.24, 2.45) is 0 Å². The Labute approximate surface area is 433 Å². The number of ether oxygens (including phenoxy) is 3. The summed E-state index contributed by atoms with van der Waals surface area (Å²) in [5.74, 6) is 3.36. The zero-order valence-electron chi connectivity index (χ0n) is 45.6. The summed E-state index contributed by atoms with van der Waals surface area (Å²) in [6.45, 7) is 40.6. The van der Waals surface area contributed by atoms with Crippen LogP contribution in [0.5, 0.6) is 34.5 Å². The SMILES string of the molecule is C=C(C)C(=O)Cl.C=C(C)C(=O)Oc1ccc(Oc2c(C)cc(C(C)(C)O[Si](CC)(CC)CC)cc2C)cc1.CC[Si](CC)(CC)OC(C)(C)c1cc(C)c(Oc2ccc(O)cc2)c(C)c1.c1ccncc1. The number of pyridine rings is 1. The molecule has 0 amide bonds. The van der Waals surface area contributed by atoms with Crippen molar-refractivity contribution in [2.75, 3.05) is 0 Å². The van der Waals surface area contributed by atoms with E-state index in [1.807, 2.05) is 18.2 Å². The van der Waals surface area contributed by atoms with Gasteiger partial charge in [0.1, 0.15) is 34.5 Å². The Kier molecular flexibility index (Phi) is 25.0. The number of nitrogens with zero attached hydrogens (tertiary/aromatic N) is 1. The van der Waals surface area contributed by atoms with E-state index in [0.717, 1.165) is 75.8 Å². The molecule has 0 spiro atoms. The highest BCUT2D eigenvalue weighted by atomic mass is 35.5. The van der Waals surface area contributed by atoms with Crippen molar-refractivity contribution < 1.29 is 37.8 Å². The van der Waals surface area contributed by atoms with E-state index in [2.05, 4.69) is 139 Å². The van der Waals surface area contributed by atoms with E-state index in [0.29, 0.717) is 22.6 Å². The van der Waals surface area contributed by atoms with Crippen molar-refractivity contribution in [3.05, 3.63) is 161 Å². The second kappa shape index (κ2) is 28.7. The monoisotopic (exact) mass is 1020 g/mol. The van der Waals surface area contributed by atoms with Crippen LogP contribution in [0, 0.1) is 27.7 Å². The van der Waals surface area contributed by atoms with Crippen molar-refractivity contribution in [1.82, 2.24) is 4.98 Å². The number of aryl methyl sites for hydroxylation is 4. The third-order valence-corrected chi connectivity index (χ3v) is 22.6. The molecule has 5 rings (SSSR count).